The topological polar surface area (TPSA) is 61.9 Å². The molecule has 0 aromatic heterocycles. The minimum absolute atomic E-state index is 0.0112. The van der Waals surface area contributed by atoms with E-state index in [9.17, 15) is 9.59 Å². The van der Waals surface area contributed by atoms with Crippen LogP contribution >= 0.6 is 34.8 Å². The number of carbonyl (C=O) groups excluding carboxylic acids is 2. The fourth-order valence-electron chi connectivity index (χ4n) is 3.04. The van der Waals surface area contributed by atoms with Crippen LogP contribution in [0.25, 0.3) is 0 Å². The highest BCUT2D eigenvalue weighted by molar-refractivity contribution is 6.76. The van der Waals surface area contributed by atoms with Gasteiger partial charge in [-0.25, -0.2) is 0 Å². The molecule has 0 saturated carbocycles. The summed E-state index contributed by atoms with van der Waals surface area (Å²) >= 11 is 16.7. The van der Waals surface area contributed by atoms with Crippen LogP contribution in [0, 0.1) is 0 Å². The molecule has 1 N–H and O–H groups in total. The van der Waals surface area contributed by atoms with Crippen LogP contribution in [0.5, 0.6) is 5.75 Å². The van der Waals surface area contributed by atoms with Crippen molar-refractivity contribution in [1.82, 2.24) is 4.90 Å². The zero-order valence-electron chi connectivity index (χ0n) is 15.7. The Labute approximate surface area is 184 Å². The van der Waals surface area contributed by atoms with E-state index in [0.29, 0.717) is 37.4 Å². The Kier molecular flexibility index (Phi) is 6.77. The number of nitrogens with zero attached hydrogens (tertiary/aromatic N) is 2. The van der Waals surface area contributed by atoms with Gasteiger partial charge in [0.2, 0.25) is 0 Å². The van der Waals surface area contributed by atoms with Gasteiger partial charge < -0.3 is 19.9 Å². The van der Waals surface area contributed by atoms with E-state index in [2.05, 4.69) is 10.2 Å². The predicted molar refractivity (Wildman–Crippen MR) is 116 cm³/mol. The SMILES string of the molecule is COc1ccc(C(=O)N2CCN(c3ccc(NC(=O)C(Cl)(Cl)Cl)cc3)CC2)cc1. The number of amides is 2. The first-order valence-electron chi connectivity index (χ1n) is 8.94. The number of piperazine rings is 1. The average molecular weight is 457 g/mol. The quantitative estimate of drug-likeness (QED) is 0.707. The van der Waals surface area contributed by atoms with Gasteiger partial charge in [-0.3, -0.25) is 9.59 Å². The number of methoxy groups -OCH3 is 1. The maximum Gasteiger partial charge on any atom is 0.276 e. The Balaban J connectivity index is 1.56. The first-order valence-corrected chi connectivity index (χ1v) is 10.1. The number of rotatable bonds is 4. The molecule has 1 saturated heterocycles. The molecule has 2 aromatic rings. The molecule has 2 amide bonds. The van der Waals surface area contributed by atoms with Crippen molar-refractivity contribution >= 4 is 58.0 Å². The summed E-state index contributed by atoms with van der Waals surface area (Å²) in [5.41, 5.74) is 2.18. The summed E-state index contributed by atoms with van der Waals surface area (Å²) in [5.74, 6) is 0.0258. The minimum Gasteiger partial charge on any atom is -0.497 e. The number of hydrogen-bond acceptors (Lipinski definition) is 4. The van der Waals surface area contributed by atoms with Crippen molar-refractivity contribution in [1.29, 1.82) is 0 Å². The zero-order valence-corrected chi connectivity index (χ0v) is 18.0. The number of hydrogen-bond donors (Lipinski definition) is 1. The normalized spacial score (nSPS) is 14.5. The third-order valence-electron chi connectivity index (χ3n) is 4.65. The number of benzene rings is 2. The van der Waals surface area contributed by atoms with E-state index < -0.39 is 9.70 Å². The largest absolute Gasteiger partial charge is 0.497 e. The van der Waals surface area contributed by atoms with Crippen molar-refractivity contribution in [3.05, 3.63) is 54.1 Å². The van der Waals surface area contributed by atoms with Crippen LogP contribution < -0.4 is 15.0 Å². The third-order valence-corrected chi connectivity index (χ3v) is 5.17. The molecule has 1 aliphatic heterocycles. The Morgan fingerprint density at radius 3 is 2.03 bits per heavy atom. The molecule has 0 radical (unpaired) electrons. The van der Waals surface area contributed by atoms with Crippen molar-refractivity contribution in [2.75, 3.05) is 43.5 Å². The average Bonchev–Trinajstić information content (AvgIpc) is 2.73. The molecule has 9 heteroatoms. The molecule has 29 heavy (non-hydrogen) atoms. The molecule has 0 spiro atoms. The van der Waals surface area contributed by atoms with Crippen LogP contribution in [0.4, 0.5) is 11.4 Å². The summed E-state index contributed by atoms with van der Waals surface area (Å²) in [5, 5.41) is 2.55. The van der Waals surface area contributed by atoms with Gasteiger partial charge in [-0.05, 0) is 48.5 Å². The second kappa shape index (κ2) is 9.11. The summed E-state index contributed by atoms with van der Waals surface area (Å²) in [6.45, 7) is 2.66. The Hall–Kier alpha value is -2.15. The van der Waals surface area contributed by atoms with E-state index in [0.717, 1.165) is 11.4 Å². The van der Waals surface area contributed by atoms with Gasteiger partial charge >= 0.3 is 0 Å². The third kappa shape index (κ3) is 5.47. The van der Waals surface area contributed by atoms with E-state index in [4.69, 9.17) is 39.5 Å². The van der Waals surface area contributed by atoms with Crippen LogP contribution in [-0.2, 0) is 4.79 Å². The lowest BCUT2D eigenvalue weighted by Gasteiger charge is -2.36. The Bertz CT molecular complexity index is 859. The number of nitrogens with one attached hydrogen (secondary N) is 1. The van der Waals surface area contributed by atoms with Gasteiger partial charge in [0.1, 0.15) is 5.75 Å². The van der Waals surface area contributed by atoms with E-state index in [1.165, 1.54) is 0 Å². The van der Waals surface area contributed by atoms with Gasteiger partial charge in [-0.1, -0.05) is 34.8 Å². The van der Waals surface area contributed by atoms with Crippen LogP contribution in [0.2, 0.25) is 0 Å². The van der Waals surface area contributed by atoms with Crippen molar-refractivity contribution in [2.24, 2.45) is 0 Å². The summed E-state index contributed by atoms with van der Waals surface area (Å²) < 4.78 is 3.12. The predicted octanol–water partition coefficient (Wildman–Crippen LogP) is 3.97. The van der Waals surface area contributed by atoms with Gasteiger partial charge in [-0.2, -0.15) is 0 Å². The lowest BCUT2D eigenvalue weighted by Crippen LogP contribution is -2.48. The fraction of sp³-hybridized carbons (Fsp3) is 0.300. The van der Waals surface area contributed by atoms with E-state index in [1.807, 2.05) is 17.0 Å². The van der Waals surface area contributed by atoms with E-state index in [-0.39, 0.29) is 5.91 Å². The Morgan fingerprint density at radius 2 is 1.52 bits per heavy atom. The second-order valence-corrected chi connectivity index (χ2v) is 8.79. The van der Waals surface area contributed by atoms with Gasteiger partial charge in [0.15, 0.2) is 0 Å². The van der Waals surface area contributed by atoms with Crippen molar-refractivity contribution in [2.45, 2.75) is 3.79 Å². The standard InChI is InChI=1S/C20H20Cl3N3O3/c1-29-17-8-2-14(3-9-17)18(27)26-12-10-25(11-13-26)16-6-4-15(5-7-16)24-19(28)20(21,22)23/h2-9H,10-13H2,1H3,(H,24,28). The monoisotopic (exact) mass is 455 g/mol. The Morgan fingerprint density at radius 1 is 0.931 bits per heavy atom. The van der Waals surface area contributed by atoms with E-state index in [1.54, 1.807) is 43.5 Å². The summed E-state index contributed by atoms with van der Waals surface area (Å²) in [4.78, 5) is 28.4. The lowest BCUT2D eigenvalue weighted by atomic mass is 10.1. The molecular formula is C20H20Cl3N3O3. The van der Waals surface area contributed by atoms with Crippen molar-refractivity contribution in [3.63, 3.8) is 0 Å². The van der Waals surface area contributed by atoms with Crippen molar-refractivity contribution in [3.8, 4) is 5.75 Å². The van der Waals surface area contributed by atoms with Gasteiger partial charge in [0.05, 0.1) is 7.11 Å². The number of alkyl halides is 3. The molecule has 0 aliphatic carbocycles. The molecule has 2 aromatic carbocycles. The summed E-state index contributed by atoms with van der Waals surface area (Å²) in [7, 11) is 1.59. The van der Waals surface area contributed by atoms with Crippen LogP contribution in [0.1, 0.15) is 10.4 Å². The lowest BCUT2D eigenvalue weighted by molar-refractivity contribution is -0.115. The number of anilines is 2. The van der Waals surface area contributed by atoms with E-state index >= 15 is 0 Å². The maximum atomic E-state index is 12.7. The molecule has 1 aliphatic rings. The molecular weight excluding hydrogens is 437 g/mol. The summed E-state index contributed by atoms with van der Waals surface area (Å²) in [6.07, 6.45) is 0. The molecule has 6 nitrogen and oxygen atoms in total. The van der Waals surface area contributed by atoms with Crippen LogP contribution in [-0.4, -0.2) is 53.8 Å². The molecule has 3 rings (SSSR count). The van der Waals surface area contributed by atoms with Crippen LogP contribution in [0.15, 0.2) is 48.5 Å². The zero-order chi connectivity index (χ0) is 21.0. The van der Waals surface area contributed by atoms with Gasteiger partial charge in [0, 0.05) is 43.1 Å². The molecule has 0 unspecified atom stereocenters. The molecule has 0 bridgehead atoms. The first kappa shape index (κ1) is 21.6. The number of carbonyl (C=O) groups is 2. The number of ether oxygens (including phenoxy) is 1. The van der Waals surface area contributed by atoms with Gasteiger partial charge in [0.25, 0.3) is 15.6 Å². The highest BCUT2D eigenvalue weighted by Gasteiger charge is 2.30. The van der Waals surface area contributed by atoms with Crippen molar-refractivity contribution < 1.29 is 14.3 Å². The van der Waals surface area contributed by atoms with Gasteiger partial charge in [-0.15, -0.1) is 0 Å². The minimum atomic E-state index is -2.01. The molecule has 154 valence electrons. The maximum absolute atomic E-state index is 12.7. The first-order chi connectivity index (χ1) is 13.8. The molecule has 1 fully saturated rings. The summed E-state index contributed by atoms with van der Waals surface area (Å²) in [6, 6.07) is 14.4. The highest BCUT2D eigenvalue weighted by atomic mass is 35.6. The number of halogens is 3. The fourth-order valence-corrected chi connectivity index (χ4v) is 3.18. The molecule has 0 atom stereocenters. The van der Waals surface area contributed by atoms with Crippen LogP contribution in [0.3, 0.4) is 0 Å². The smallest absolute Gasteiger partial charge is 0.276 e. The molecule has 1 heterocycles. The second-order valence-electron chi connectivity index (χ2n) is 6.51. The highest BCUT2D eigenvalue weighted by Crippen LogP contribution is 2.28.